The highest BCUT2D eigenvalue weighted by molar-refractivity contribution is 6.08. The number of amides is 1. The molecule has 2 aromatic rings. The van der Waals surface area contributed by atoms with Gasteiger partial charge in [-0.15, -0.1) is 0 Å². The summed E-state index contributed by atoms with van der Waals surface area (Å²) in [7, 11) is 0. The van der Waals surface area contributed by atoms with Gasteiger partial charge in [0.15, 0.2) is 0 Å². The third-order valence-electron chi connectivity index (χ3n) is 6.42. The van der Waals surface area contributed by atoms with Gasteiger partial charge in [-0.25, -0.2) is 4.39 Å². The van der Waals surface area contributed by atoms with Gasteiger partial charge >= 0.3 is 0 Å². The van der Waals surface area contributed by atoms with Gasteiger partial charge in [-0.1, -0.05) is 25.0 Å². The Labute approximate surface area is 153 Å². The molecule has 2 heterocycles. The van der Waals surface area contributed by atoms with Crippen LogP contribution in [0.3, 0.4) is 0 Å². The van der Waals surface area contributed by atoms with Gasteiger partial charge in [0, 0.05) is 29.6 Å². The topological polar surface area (TPSA) is 32.3 Å². The van der Waals surface area contributed by atoms with Crippen LogP contribution in [0.1, 0.15) is 52.7 Å². The quantitative estimate of drug-likeness (QED) is 0.845. The fourth-order valence-electron chi connectivity index (χ4n) is 5.14. The average molecular weight is 350 g/mol. The summed E-state index contributed by atoms with van der Waals surface area (Å²) in [6.45, 7) is 2.41. The Hall–Kier alpha value is -2.20. The lowest BCUT2D eigenvalue weighted by Crippen LogP contribution is -2.36. The van der Waals surface area contributed by atoms with Crippen LogP contribution in [-0.4, -0.2) is 19.0 Å². The van der Waals surface area contributed by atoms with Crippen molar-refractivity contribution >= 4 is 11.6 Å². The van der Waals surface area contributed by atoms with E-state index in [4.69, 9.17) is 0 Å². The molecule has 3 aliphatic rings. The first-order chi connectivity index (χ1) is 12.7. The van der Waals surface area contributed by atoms with E-state index in [1.54, 1.807) is 6.07 Å². The van der Waals surface area contributed by atoms with Gasteiger partial charge in [0.1, 0.15) is 5.82 Å². The van der Waals surface area contributed by atoms with E-state index in [1.165, 1.54) is 17.2 Å². The summed E-state index contributed by atoms with van der Waals surface area (Å²) in [6, 6.07) is 11.2. The van der Waals surface area contributed by atoms with Crippen LogP contribution in [0.25, 0.3) is 0 Å². The Morgan fingerprint density at radius 3 is 2.81 bits per heavy atom. The molecule has 1 N–H and O–H groups in total. The molecule has 1 spiro atoms. The van der Waals surface area contributed by atoms with Gasteiger partial charge < -0.3 is 10.2 Å². The summed E-state index contributed by atoms with van der Waals surface area (Å²) < 4.78 is 14.7. The molecular weight excluding hydrogens is 327 g/mol. The van der Waals surface area contributed by atoms with Crippen molar-refractivity contribution in [2.75, 3.05) is 18.0 Å². The van der Waals surface area contributed by atoms with Crippen LogP contribution in [-0.2, 0) is 18.4 Å². The van der Waals surface area contributed by atoms with Crippen LogP contribution in [0.4, 0.5) is 10.1 Å². The van der Waals surface area contributed by atoms with Gasteiger partial charge in [-0.2, -0.15) is 0 Å². The lowest BCUT2D eigenvalue weighted by Gasteiger charge is -2.25. The molecule has 1 fully saturated rings. The molecule has 2 aromatic carbocycles. The van der Waals surface area contributed by atoms with Gasteiger partial charge in [0.25, 0.3) is 5.91 Å². The maximum Gasteiger partial charge on any atom is 0.258 e. The van der Waals surface area contributed by atoms with Gasteiger partial charge in [-0.05, 0) is 61.2 Å². The fraction of sp³-hybridized carbons (Fsp3) is 0.409. The molecule has 2 aliphatic heterocycles. The molecule has 0 atom stereocenters. The minimum Gasteiger partial charge on any atom is -0.312 e. The lowest BCUT2D eigenvalue weighted by molar-refractivity contribution is 0.0984. The number of anilines is 1. The Bertz CT molecular complexity index is 886. The molecule has 1 aliphatic carbocycles. The van der Waals surface area contributed by atoms with Crippen molar-refractivity contribution < 1.29 is 9.18 Å². The van der Waals surface area contributed by atoms with Crippen molar-refractivity contribution in [3.63, 3.8) is 0 Å². The third kappa shape index (κ3) is 2.32. The maximum atomic E-state index is 14.7. The number of halogens is 1. The summed E-state index contributed by atoms with van der Waals surface area (Å²) in [5.41, 5.74) is 4.58. The molecule has 134 valence electrons. The summed E-state index contributed by atoms with van der Waals surface area (Å²) in [5, 5.41) is 3.36. The molecule has 0 aromatic heterocycles. The monoisotopic (exact) mass is 350 g/mol. The van der Waals surface area contributed by atoms with Crippen LogP contribution in [0.2, 0.25) is 0 Å². The fourth-order valence-corrected chi connectivity index (χ4v) is 5.14. The van der Waals surface area contributed by atoms with E-state index in [-0.39, 0.29) is 17.1 Å². The van der Waals surface area contributed by atoms with Crippen LogP contribution >= 0.6 is 0 Å². The Kier molecular flexibility index (Phi) is 3.64. The predicted molar refractivity (Wildman–Crippen MR) is 100 cm³/mol. The maximum absolute atomic E-state index is 14.7. The van der Waals surface area contributed by atoms with Gasteiger partial charge in [0.05, 0.1) is 5.69 Å². The number of benzene rings is 2. The van der Waals surface area contributed by atoms with Crippen LogP contribution in [0.5, 0.6) is 0 Å². The Balaban J connectivity index is 1.55. The molecule has 1 amide bonds. The molecule has 26 heavy (non-hydrogen) atoms. The average Bonchev–Trinajstić information content (AvgIpc) is 3.27. The first kappa shape index (κ1) is 16.0. The SMILES string of the molecule is O=C(c1ccc2c(c1)CNCC2)N1CC2(CCCC2)c2c(F)cccc21. The van der Waals surface area contributed by atoms with Crippen LogP contribution < -0.4 is 10.2 Å². The number of nitrogens with one attached hydrogen (secondary N) is 1. The number of fused-ring (bicyclic) bond motifs is 3. The van der Waals surface area contributed by atoms with Crippen molar-refractivity contribution in [1.29, 1.82) is 0 Å². The van der Waals surface area contributed by atoms with Crippen molar-refractivity contribution in [2.45, 2.75) is 44.1 Å². The Morgan fingerprint density at radius 2 is 1.96 bits per heavy atom. The molecule has 5 rings (SSSR count). The lowest BCUT2D eigenvalue weighted by atomic mass is 9.80. The minimum atomic E-state index is -0.188. The van der Waals surface area contributed by atoms with Crippen molar-refractivity contribution in [3.8, 4) is 0 Å². The summed E-state index contributed by atoms with van der Waals surface area (Å²) in [6.07, 6.45) is 5.17. The zero-order chi connectivity index (χ0) is 17.7. The number of carbonyl (C=O) groups is 1. The van der Waals surface area contributed by atoms with Crippen LogP contribution in [0.15, 0.2) is 36.4 Å². The van der Waals surface area contributed by atoms with Crippen molar-refractivity contribution in [1.82, 2.24) is 5.32 Å². The molecule has 0 unspecified atom stereocenters. The summed E-state index contributed by atoms with van der Waals surface area (Å²) in [4.78, 5) is 15.2. The van der Waals surface area contributed by atoms with E-state index >= 15 is 0 Å². The molecule has 0 bridgehead atoms. The standard InChI is InChI=1S/C22H23FN2O/c23-18-4-3-5-19-20(18)22(9-1-2-10-22)14-25(19)21(26)16-7-6-15-8-11-24-13-17(15)12-16/h3-7,12,24H,1-2,8-11,13-14H2. The van der Waals surface area contributed by atoms with E-state index < -0.39 is 0 Å². The normalized spacial score (nSPS) is 20.3. The largest absolute Gasteiger partial charge is 0.312 e. The summed E-state index contributed by atoms with van der Waals surface area (Å²) in [5.74, 6) is -0.164. The highest BCUT2D eigenvalue weighted by Crippen LogP contribution is 2.51. The number of hydrogen-bond acceptors (Lipinski definition) is 2. The van der Waals surface area contributed by atoms with Gasteiger partial charge in [-0.3, -0.25) is 4.79 Å². The highest BCUT2D eigenvalue weighted by Gasteiger charge is 2.48. The van der Waals surface area contributed by atoms with E-state index in [2.05, 4.69) is 11.4 Å². The molecule has 1 saturated carbocycles. The van der Waals surface area contributed by atoms with E-state index in [0.29, 0.717) is 12.1 Å². The Morgan fingerprint density at radius 1 is 1.12 bits per heavy atom. The number of nitrogens with zero attached hydrogens (tertiary/aromatic N) is 1. The number of rotatable bonds is 1. The molecule has 3 nitrogen and oxygen atoms in total. The second kappa shape index (κ2) is 5.92. The van der Waals surface area contributed by atoms with E-state index in [1.807, 2.05) is 23.1 Å². The predicted octanol–water partition coefficient (Wildman–Crippen LogP) is 3.94. The second-order valence-electron chi connectivity index (χ2n) is 7.92. The zero-order valence-electron chi connectivity index (χ0n) is 14.9. The van der Waals surface area contributed by atoms with E-state index in [0.717, 1.165) is 56.4 Å². The molecular formula is C22H23FN2O. The zero-order valence-corrected chi connectivity index (χ0v) is 14.9. The first-order valence-electron chi connectivity index (χ1n) is 9.61. The number of hydrogen-bond donors (Lipinski definition) is 1. The molecule has 0 saturated heterocycles. The highest BCUT2D eigenvalue weighted by atomic mass is 19.1. The van der Waals surface area contributed by atoms with Crippen LogP contribution in [0, 0.1) is 5.82 Å². The van der Waals surface area contributed by atoms with Gasteiger partial charge in [0.2, 0.25) is 0 Å². The second-order valence-corrected chi connectivity index (χ2v) is 7.92. The molecule has 4 heteroatoms. The minimum absolute atomic E-state index is 0.00556. The number of carbonyl (C=O) groups excluding carboxylic acids is 1. The third-order valence-corrected chi connectivity index (χ3v) is 6.42. The smallest absolute Gasteiger partial charge is 0.258 e. The van der Waals surface area contributed by atoms with E-state index in [9.17, 15) is 9.18 Å². The molecule has 0 radical (unpaired) electrons. The van der Waals surface area contributed by atoms with Crippen molar-refractivity contribution in [3.05, 3.63) is 64.5 Å². The first-order valence-corrected chi connectivity index (χ1v) is 9.61. The summed E-state index contributed by atoms with van der Waals surface area (Å²) >= 11 is 0. The van der Waals surface area contributed by atoms with Crippen molar-refractivity contribution in [2.24, 2.45) is 0 Å².